The molecule has 0 saturated heterocycles. The Labute approximate surface area is 180 Å². The van der Waals surface area contributed by atoms with Crippen LogP contribution >= 0.6 is 0 Å². The zero-order valence-corrected chi connectivity index (χ0v) is 17.6. The van der Waals surface area contributed by atoms with Crippen molar-refractivity contribution in [3.05, 3.63) is 72.1 Å². The smallest absolute Gasteiger partial charge is 0.269 e. The summed E-state index contributed by atoms with van der Waals surface area (Å²) < 4.78 is 5.94. The molecule has 0 fully saturated rings. The van der Waals surface area contributed by atoms with Crippen molar-refractivity contribution in [2.45, 2.75) is 19.3 Å². The monoisotopic (exact) mass is 419 g/mol. The van der Waals surface area contributed by atoms with Crippen LogP contribution in [0, 0.1) is 0 Å². The van der Waals surface area contributed by atoms with Gasteiger partial charge in [0.25, 0.3) is 5.91 Å². The maximum absolute atomic E-state index is 11.8. The third kappa shape index (κ3) is 4.39. The molecule has 2 aromatic carbocycles. The lowest BCUT2D eigenvalue weighted by atomic mass is 10.1. The summed E-state index contributed by atoms with van der Waals surface area (Å²) in [5, 5.41) is 19.3. The second-order valence-corrected chi connectivity index (χ2v) is 7.34. The van der Waals surface area contributed by atoms with Crippen molar-refractivity contribution < 1.29 is 14.6 Å². The van der Waals surface area contributed by atoms with Gasteiger partial charge in [0.05, 0.1) is 17.5 Å². The molecule has 160 valence electrons. The molecule has 1 aromatic heterocycles. The van der Waals surface area contributed by atoms with Gasteiger partial charge in [-0.25, -0.2) is 0 Å². The van der Waals surface area contributed by atoms with E-state index in [-0.39, 0.29) is 12.2 Å². The molecule has 2 unspecified atom stereocenters. The van der Waals surface area contributed by atoms with Gasteiger partial charge in [-0.1, -0.05) is 12.1 Å². The molecule has 2 heterocycles. The fourth-order valence-electron chi connectivity index (χ4n) is 3.43. The van der Waals surface area contributed by atoms with Gasteiger partial charge in [0.1, 0.15) is 17.2 Å². The predicted molar refractivity (Wildman–Crippen MR) is 121 cm³/mol. The highest BCUT2D eigenvalue weighted by Crippen LogP contribution is 2.37. The summed E-state index contributed by atoms with van der Waals surface area (Å²) in [4.78, 5) is 17.9. The number of hydrogen-bond acceptors (Lipinski definition) is 7. The Morgan fingerprint density at radius 1 is 1.19 bits per heavy atom. The maximum atomic E-state index is 11.8. The first-order valence-electron chi connectivity index (χ1n) is 9.98. The van der Waals surface area contributed by atoms with Gasteiger partial charge in [0.15, 0.2) is 6.29 Å². The third-order valence-corrected chi connectivity index (χ3v) is 5.13. The number of carbonyl (C=O) groups excluding carboxylic acids is 1. The Morgan fingerprint density at radius 3 is 2.77 bits per heavy atom. The fraction of sp³-hybridized carbons (Fsp3) is 0.217. The summed E-state index contributed by atoms with van der Waals surface area (Å²) in [7, 11) is 3.55. The highest BCUT2D eigenvalue weighted by molar-refractivity contribution is 5.92. The Balaban J connectivity index is 1.49. The second-order valence-electron chi connectivity index (χ2n) is 7.34. The van der Waals surface area contributed by atoms with Crippen molar-refractivity contribution in [1.82, 2.24) is 10.3 Å². The van der Waals surface area contributed by atoms with E-state index in [1.54, 1.807) is 32.3 Å². The number of amides is 1. The van der Waals surface area contributed by atoms with Gasteiger partial charge < -0.3 is 30.7 Å². The van der Waals surface area contributed by atoms with E-state index in [2.05, 4.69) is 25.8 Å². The number of aliphatic hydroxyl groups is 1. The highest BCUT2D eigenvalue weighted by atomic mass is 16.5. The molecule has 4 rings (SSSR count). The lowest BCUT2D eigenvalue weighted by Gasteiger charge is -2.24. The fourth-order valence-corrected chi connectivity index (χ4v) is 3.43. The van der Waals surface area contributed by atoms with E-state index in [1.807, 2.05) is 49.5 Å². The second kappa shape index (κ2) is 8.53. The van der Waals surface area contributed by atoms with E-state index in [9.17, 15) is 9.90 Å². The Bertz CT molecular complexity index is 1100. The minimum absolute atomic E-state index is 0.157. The van der Waals surface area contributed by atoms with Crippen LogP contribution in [0.2, 0.25) is 0 Å². The molecule has 8 heteroatoms. The van der Waals surface area contributed by atoms with Gasteiger partial charge in [-0.15, -0.1) is 0 Å². The molecule has 1 aliphatic rings. The molecule has 8 nitrogen and oxygen atoms in total. The number of aliphatic hydroxyl groups excluding tert-OH is 1. The first-order chi connectivity index (χ1) is 14.9. The molecule has 0 saturated carbocycles. The number of nitrogens with one attached hydrogen (secondary N) is 3. The number of pyridine rings is 1. The van der Waals surface area contributed by atoms with Crippen LogP contribution in [-0.2, 0) is 0 Å². The molecule has 1 aliphatic heterocycles. The minimum Gasteiger partial charge on any atom is -0.457 e. The number of hydrogen-bond donors (Lipinski definition) is 4. The number of anilines is 3. The third-order valence-electron chi connectivity index (χ3n) is 5.13. The van der Waals surface area contributed by atoms with Crippen LogP contribution < -0.4 is 25.6 Å². The van der Waals surface area contributed by atoms with Gasteiger partial charge in [-0.2, -0.15) is 0 Å². The molecule has 2 atom stereocenters. The number of rotatable bonds is 6. The van der Waals surface area contributed by atoms with Crippen molar-refractivity contribution in [1.29, 1.82) is 0 Å². The van der Waals surface area contributed by atoms with Gasteiger partial charge >= 0.3 is 0 Å². The van der Waals surface area contributed by atoms with Crippen LogP contribution in [-0.4, -0.2) is 36.4 Å². The summed E-state index contributed by atoms with van der Waals surface area (Å²) in [6.45, 7) is 1.75. The number of benzene rings is 2. The van der Waals surface area contributed by atoms with Crippen LogP contribution in [0.25, 0.3) is 0 Å². The van der Waals surface area contributed by atoms with E-state index < -0.39 is 6.10 Å². The molecule has 4 N–H and O–H groups in total. The van der Waals surface area contributed by atoms with Gasteiger partial charge in [-0.3, -0.25) is 9.78 Å². The van der Waals surface area contributed by atoms with Crippen molar-refractivity contribution in [2.75, 3.05) is 29.6 Å². The summed E-state index contributed by atoms with van der Waals surface area (Å²) in [6, 6.07) is 16.8. The Kier molecular flexibility index (Phi) is 5.64. The van der Waals surface area contributed by atoms with Crippen molar-refractivity contribution in [3.63, 3.8) is 0 Å². The average Bonchev–Trinajstić information content (AvgIpc) is 3.08. The van der Waals surface area contributed by atoms with E-state index in [1.165, 1.54) is 0 Å². The minimum atomic E-state index is -0.523. The van der Waals surface area contributed by atoms with E-state index in [0.717, 1.165) is 22.6 Å². The standard InChI is InChI=1S/C23H25N5O3/c1-14(29)15-5-4-6-16(11-15)26-23-27-19-12-17(7-8-21(19)28(23)3)31-18-9-10-25-20(13-18)22(30)24-2/h4-14,23,26-27,29H,1-3H3,(H,24,30). The first kappa shape index (κ1) is 20.5. The molecule has 0 spiro atoms. The van der Waals surface area contributed by atoms with Crippen molar-refractivity contribution in [3.8, 4) is 11.5 Å². The highest BCUT2D eigenvalue weighted by Gasteiger charge is 2.26. The summed E-state index contributed by atoms with van der Waals surface area (Å²) in [5.74, 6) is 0.909. The molecule has 0 radical (unpaired) electrons. The molecule has 0 aliphatic carbocycles. The zero-order valence-electron chi connectivity index (χ0n) is 17.6. The van der Waals surface area contributed by atoms with Crippen molar-refractivity contribution >= 4 is 23.0 Å². The van der Waals surface area contributed by atoms with Crippen LogP contribution in [0.5, 0.6) is 11.5 Å². The number of ether oxygens (including phenoxy) is 1. The van der Waals surface area contributed by atoms with E-state index in [4.69, 9.17) is 4.74 Å². The molecule has 1 amide bonds. The molecular formula is C23H25N5O3. The van der Waals surface area contributed by atoms with Crippen LogP contribution in [0.1, 0.15) is 29.1 Å². The lowest BCUT2D eigenvalue weighted by Crippen LogP contribution is -2.39. The largest absolute Gasteiger partial charge is 0.457 e. The van der Waals surface area contributed by atoms with E-state index in [0.29, 0.717) is 17.2 Å². The number of fused-ring (bicyclic) bond motifs is 1. The van der Waals surface area contributed by atoms with Crippen molar-refractivity contribution in [2.24, 2.45) is 0 Å². The normalized spacial score (nSPS) is 15.6. The van der Waals surface area contributed by atoms with Crippen LogP contribution in [0.3, 0.4) is 0 Å². The maximum Gasteiger partial charge on any atom is 0.269 e. The number of carbonyl (C=O) groups is 1. The molecule has 0 bridgehead atoms. The predicted octanol–water partition coefficient (Wildman–Crippen LogP) is 3.54. The van der Waals surface area contributed by atoms with Crippen LogP contribution in [0.4, 0.5) is 17.1 Å². The van der Waals surface area contributed by atoms with Gasteiger partial charge in [-0.05, 0) is 42.8 Å². The van der Waals surface area contributed by atoms with Crippen LogP contribution in [0.15, 0.2) is 60.8 Å². The topological polar surface area (TPSA) is 98.8 Å². The Morgan fingerprint density at radius 2 is 2.00 bits per heavy atom. The average molecular weight is 419 g/mol. The molecule has 3 aromatic rings. The molecular weight excluding hydrogens is 394 g/mol. The van der Waals surface area contributed by atoms with Gasteiger partial charge in [0.2, 0.25) is 0 Å². The number of nitrogens with zero attached hydrogens (tertiary/aromatic N) is 2. The molecule has 31 heavy (non-hydrogen) atoms. The SMILES string of the molecule is CNC(=O)c1cc(Oc2ccc3c(c2)NC(Nc2cccc(C(C)O)c2)N3C)ccn1. The zero-order chi connectivity index (χ0) is 22.0. The Hall–Kier alpha value is -3.78. The van der Waals surface area contributed by atoms with Gasteiger partial charge in [0, 0.05) is 38.1 Å². The number of aromatic nitrogens is 1. The summed E-state index contributed by atoms with van der Waals surface area (Å²) in [5.41, 5.74) is 4.00. The first-order valence-corrected chi connectivity index (χ1v) is 9.98. The van der Waals surface area contributed by atoms with E-state index >= 15 is 0 Å². The lowest BCUT2D eigenvalue weighted by molar-refractivity contribution is 0.0958. The quantitative estimate of drug-likeness (QED) is 0.485. The summed E-state index contributed by atoms with van der Waals surface area (Å²) >= 11 is 0. The summed E-state index contributed by atoms with van der Waals surface area (Å²) in [6.07, 6.45) is 0.862.